The molecule has 0 aliphatic rings. The van der Waals surface area contributed by atoms with E-state index in [1.165, 1.54) is 5.69 Å². The Labute approximate surface area is 103 Å². The van der Waals surface area contributed by atoms with E-state index in [2.05, 4.69) is 18.0 Å². The van der Waals surface area contributed by atoms with Crippen molar-refractivity contribution in [2.75, 3.05) is 0 Å². The van der Waals surface area contributed by atoms with Crippen LogP contribution in [-0.2, 0) is 7.05 Å². The summed E-state index contributed by atoms with van der Waals surface area (Å²) in [5.41, 5.74) is 2.21. The van der Waals surface area contributed by atoms with E-state index in [1.807, 2.05) is 45.4 Å². The molecule has 0 aliphatic carbocycles. The third kappa shape index (κ3) is 2.99. The molecule has 0 saturated carbocycles. The Morgan fingerprint density at radius 3 is 2.25 bits per heavy atom. The predicted octanol–water partition coefficient (Wildman–Crippen LogP) is 4.59. The zero-order chi connectivity index (χ0) is 12.7. The molecule has 90 valence electrons. The lowest BCUT2D eigenvalue weighted by atomic mass is 10.3. The molecule has 0 saturated heterocycles. The standard InChI is InChI=1S/C9H9ClN2.2C2H6/c1-6-5-7-3-4-11-9(10)8(7)12(6)2;2*1-2/h3-5H,1-2H3;2*1-2H3. The molecule has 0 aromatic carbocycles. The third-order valence-corrected chi connectivity index (χ3v) is 2.42. The molecular formula is C13H21ClN2. The van der Waals surface area contributed by atoms with Crippen LogP contribution >= 0.6 is 11.6 Å². The lowest BCUT2D eigenvalue weighted by molar-refractivity contribution is 0.915. The van der Waals surface area contributed by atoms with E-state index in [9.17, 15) is 0 Å². The number of pyridine rings is 1. The average molecular weight is 241 g/mol. The normalized spacial score (nSPS) is 8.94. The first-order chi connectivity index (χ1) is 7.70. The topological polar surface area (TPSA) is 17.8 Å². The minimum absolute atomic E-state index is 0.572. The van der Waals surface area contributed by atoms with Crippen molar-refractivity contribution in [3.8, 4) is 0 Å². The quantitative estimate of drug-likeness (QED) is 0.616. The van der Waals surface area contributed by atoms with Gasteiger partial charge in [-0.1, -0.05) is 39.3 Å². The number of rotatable bonds is 0. The lowest BCUT2D eigenvalue weighted by Crippen LogP contribution is -1.90. The molecule has 0 aliphatic heterocycles. The Morgan fingerprint density at radius 2 is 1.75 bits per heavy atom. The van der Waals surface area contributed by atoms with Gasteiger partial charge in [-0.05, 0) is 19.1 Å². The Kier molecular flexibility index (Phi) is 6.82. The molecule has 0 atom stereocenters. The van der Waals surface area contributed by atoms with Crippen LogP contribution in [0.1, 0.15) is 33.4 Å². The summed E-state index contributed by atoms with van der Waals surface area (Å²) in [4.78, 5) is 4.03. The molecule has 0 fully saturated rings. The van der Waals surface area contributed by atoms with Gasteiger partial charge in [0.1, 0.15) is 0 Å². The van der Waals surface area contributed by atoms with Crippen molar-refractivity contribution in [2.24, 2.45) is 7.05 Å². The zero-order valence-corrected chi connectivity index (χ0v) is 11.8. The molecular weight excluding hydrogens is 220 g/mol. The minimum Gasteiger partial charge on any atom is -0.345 e. The maximum atomic E-state index is 5.94. The van der Waals surface area contributed by atoms with E-state index in [0.717, 1.165) is 10.9 Å². The smallest absolute Gasteiger partial charge is 0.153 e. The Balaban J connectivity index is 0.000000509. The first kappa shape index (κ1) is 15.0. The van der Waals surface area contributed by atoms with Crippen molar-refractivity contribution in [3.05, 3.63) is 29.2 Å². The summed E-state index contributed by atoms with van der Waals surface area (Å²) in [6, 6.07) is 4.07. The Morgan fingerprint density at radius 1 is 1.19 bits per heavy atom. The molecule has 0 bridgehead atoms. The van der Waals surface area contributed by atoms with E-state index >= 15 is 0 Å². The Bertz CT molecular complexity index is 433. The number of hydrogen-bond donors (Lipinski definition) is 0. The number of aromatic nitrogens is 2. The molecule has 2 rings (SSSR count). The lowest BCUT2D eigenvalue weighted by Gasteiger charge is -1.98. The highest BCUT2D eigenvalue weighted by molar-refractivity contribution is 6.33. The average Bonchev–Trinajstić information content (AvgIpc) is 2.62. The number of halogens is 1. The number of hydrogen-bond acceptors (Lipinski definition) is 1. The molecule has 0 spiro atoms. The van der Waals surface area contributed by atoms with Crippen LogP contribution < -0.4 is 0 Å². The van der Waals surface area contributed by atoms with Gasteiger partial charge in [0.05, 0.1) is 5.52 Å². The second-order valence-electron chi connectivity index (χ2n) is 2.88. The molecule has 0 radical (unpaired) electrons. The van der Waals surface area contributed by atoms with Crippen molar-refractivity contribution in [1.82, 2.24) is 9.55 Å². The van der Waals surface area contributed by atoms with Crippen LogP contribution in [0.15, 0.2) is 18.3 Å². The predicted molar refractivity (Wildman–Crippen MR) is 73.2 cm³/mol. The van der Waals surface area contributed by atoms with Gasteiger partial charge in [-0.2, -0.15) is 0 Å². The zero-order valence-electron chi connectivity index (χ0n) is 11.0. The van der Waals surface area contributed by atoms with Crippen molar-refractivity contribution in [1.29, 1.82) is 0 Å². The molecule has 2 aromatic heterocycles. The van der Waals surface area contributed by atoms with Gasteiger partial charge in [0.25, 0.3) is 0 Å². The van der Waals surface area contributed by atoms with Gasteiger partial charge in [-0.15, -0.1) is 0 Å². The van der Waals surface area contributed by atoms with Crippen LogP contribution in [-0.4, -0.2) is 9.55 Å². The molecule has 0 amide bonds. The maximum Gasteiger partial charge on any atom is 0.153 e. The van der Waals surface area contributed by atoms with Crippen molar-refractivity contribution >= 4 is 22.5 Å². The van der Waals surface area contributed by atoms with Gasteiger partial charge in [0.15, 0.2) is 5.15 Å². The van der Waals surface area contributed by atoms with E-state index in [-0.39, 0.29) is 0 Å². The van der Waals surface area contributed by atoms with Crippen molar-refractivity contribution < 1.29 is 0 Å². The second kappa shape index (κ2) is 7.29. The van der Waals surface area contributed by atoms with Crippen LogP contribution in [0.5, 0.6) is 0 Å². The van der Waals surface area contributed by atoms with Gasteiger partial charge >= 0.3 is 0 Å². The summed E-state index contributed by atoms with van der Waals surface area (Å²) in [6.07, 6.45) is 1.73. The molecule has 2 nitrogen and oxygen atoms in total. The number of fused-ring (bicyclic) bond motifs is 1. The van der Waals surface area contributed by atoms with Gasteiger partial charge < -0.3 is 4.57 Å². The highest BCUT2D eigenvalue weighted by atomic mass is 35.5. The largest absolute Gasteiger partial charge is 0.345 e. The Hall–Kier alpha value is -1.02. The van der Waals surface area contributed by atoms with Crippen LogP contribution in [0.25, 0.3) is 10.9 Å². The molecule has 0 unspecified atom stereocenters. The van der Waals surface area contributed by atoms with Crippen LogP contribution in [0.4, 0.5) is 0 Å². The van der Waals surface area contributed by atoms with Crippen molar-refractivity contribution in [3.63, 3.8) is 0 Å². The second-order valence-corrected chi connectivity index (χ2v) is 3.24. The first-order valence-corrected chi connectivity index (χ1v) is 6.14. The molecule has 0 N–H and O–H groups in total. The minimum atomic E-state index is 0.572. The maximum absolute atomic E-state index is 5.94. The monoisotopic (exact) mass is 240 g/mol. The van der Waals surface area contributed by atoms with E-state index in [1.54, 1.807) is 6.20 Å². The summed E-state index contributed by atoms with van der Waals surface area (Å²) < 4.78 is 2.05. The van der Waals surface area contributed by atoms with Gasteiger partial charge in [-0.3, -0.25) is 0 Å². The molecule has 3 heteroatoms. The fourth-order valence-electron chi connectivity index (χ4n) is 1.39. The van der Waals surface area contributed by atoms with Crippen LogP contribution in [0.3, 0.4) is 0 Å². The third-order valence-electron chi connectivity index (χ3n) is 2.14. The summed E-state index contributed by atoms with van der Waals surface area (Å²) in [7, 11) is 1.99. The van der Waals surface area contributed by atoms with Gasteiger partial charge in [0.2, 0.25) is 0 Å². The van der Waals surface area contributed by atoms with Crippen molar-refractivity contribution in [2.45, 2.75) is 34.6 Å². The molecule has 16 heavy (non-hydrogen) atoms. The summed E-state index contributed by atoms with van der Waals surface area (Å²) >= 11 is 5.94. The number of aryl methyl sites for hydroxylation is 2. The fourth-order valence-corrected chi connectivity index (χ4v) is 1.68. The van der Waals surface area contributed by atoms with E-state index in [0.29, 0.717) is 5.15 Å². The summed E-state index contributed by atoms with van der Waals surface area (Å²) in [6.45, 7) is 10.1. The van der Waals surface area contributed by atoms with E-state index < -0.39 is 0 Å². The fraction of sp³-hybridized carbons (Fsp3) is 0.462. The molecule has 2 heterocycles. The highest BCUT2D eigenvalue weighted by Gasteiger charge is 2.05. The SMILES string of the molecule is CC.CC.Cc1cc2ccnc(Cl)c2n1C. The summed E-state index contributed by atoms with van der Waals surface area (Å²) in [5, 5.41) is 1.72. The van der Waals surface area contributed by atoms with Crippen LogP contribution in [0, 0.1) is 6.92 Å². The van der Waals surface area contributed by atoms with Crippen LogP contribution in [0.2, 0.25) is 5.15 Å². The molecule has 2 aromatic rings. The van der Waals surface area contributed by atoms with E-state index in [4.69, 9.17) is 11.6 Å². The first-order valence-electron chi connectivity index (χ1n) is 5.76. The number of nitrogens with zero attached hydrogens (tertiary/aromatic N) is 2. The summed E-state index contributed by atoms with van der Waals surface area (Å²) in [5.74, 6) is 0. The van der Waals surface area contributed by atoms with Gasteiger partial charge in [-0.25, -0.2) is 4.98 Å². The van der Waals surface area contributed by atoms with Gasteiger partial charge in [0, 0.05) is 24.3 Å². The highest BCUT2D eigenvalue weighted by Crippen LogP contribution is 2.23.